The van der Waals surface area contributed by atoms with Crippen molar-refractivity contribution < 1.29 is 23.1 Å². The Morgan fingerprint density at radius 1 is 1.29 bits per heavy atom. The van der Waals surface area contributed by atoms with Crippen molar-refractivity contribution in [1.29, 1.82) is 0 Å². The molecule has 1 saturated heterocycles. The number of alkyl halides is 4. The summed E-state index contributed by atoms with van der Waals surface area (Å²) in [6.07, 6.45) is -1.28. The number of aliphatic hydroxyl groups is 1. The fourth-order valence-electron chi connectivity index (χ4n) is 3.48. The van der Waals surface area contributed by atoms with Crippen molar-refractivity contribution in [3.63, 3.8) is 0 Å². The van der Waals surface area contributed by atoms with E-state index in [0.29, 0.717) is 18.7 Å². The largest absolute Gasteiger partial charge is 0.421 e. The predicted molar refractivity (Wildman–Crippen MR) is 109 cm³/mol. The van der Waals surface area contributed by atoms with Gasteiger partial charge in [-0.2, -0.15) is 13.2 Å². The third-order valence-corrected chi connectivity index (χ3v) is 5.70. The highest BCUT2D eigenvalue weighted by molar-refractivity contribution is 9.09. The van der Waals surface area contributed by atoms with Crippen LogP contribution in [-0.4, -0.2) is 52.6 Å². The van der Waals surface area contributed by atoms with Crippen LogP contribution in [0.4, 0.5) is 18.9 Å². The summed E-state index contributed by atoms with van der Waals surface area (Å²) in [6.45, 7) is 7.59. The number of carbonyl (C=O) groups is 1. The van der Waals surface area contributed by atoms with Gasteiger partial charge in [-0.1, -0.05) is 34.1 Å². The molecule has 2 rings (SSSR count). The molecule has 1 heterocycles. The number of anilines is 1. The van der Waals surface area contributed by atoms with Crippen LogP contribution >= 0.6 is 15.9 Å². The average molecular weight is 463 g/mol. The van der Waals surface area contributed by atoms with Crippen molar-refractivity contribution in [3.05, 3.63) is 35.4 Å². The van der Waals surface area contributed by atoms with E-state index in [2.05, 4.69) is 20.8 Å². The fraction of sp³-hybridized carbons (Fsp3) is 0.550. The highest BCUT2D eigenvalue weighted by atomic mass is 79.9. The van der Waals surface area contributed by atoms with Crippen LogP contribution in [0.1, 0.15) is 38.8 Å². The molecule has 1 N–H and O–H groups in total. The maximum absolute atomic E-state index is 13.2. The van der Waals surface area contributed by atoms with Gasteiger partial charge in [0.1, 0.15) is 0 Å². The molecule has 8 heteroatoms. The summed E-state index contributed by atoms with van der Waals surface area (Å²) in [4.78, 5) is 16.0. The van der Waals surface area contributed by atoms with Crippen molar-refractivity contribution in [2.45, 2.75) is 51.6 Å². The quantitative estimate of drug-likeness (QED) is 0.677. The first-order valence-corrected chi connectivity index (χ1v) is 10.2. The molecule has 156 valence electrons. The third-order valence-electron chi connectivity index (χ3n) is 5.22. The molecule has 1 aromatic rings. The molecule has 0 radical (unpaired) electrons. The summed E-state index contributed by atoms with van der Waals surface area (Å²) in [5, 5.41) is 10.3. The number of hydrogen-bond donors (Lipinski definition) is 1. The van der Waals surface area contributed by atoms with E-state index in [4.69, 9.17) is 0 Å². The molecule has 28 heavy (non-hydrogen) atoms. The topological polar surface area (TPSA) is 43.8 Å². The van der Waals surface area contributed by atoms with E-state index >= 15 is 0 Å². The second-order valence-corrected chi connectivity index (χ2v) is 7.93. The Morgan fingerprint density at radius 3 is 2.46 bits per heavy atom. The Hall–Kier alpha value is -1.54. The number of halogens is 4. The SMILES string of the molecule is C/C=C\c1cc(C(C)(O)C(F)(F)F)ccc1N1C[C@H](C)N(C(=O)CBr)C[C@H]1C. The van der Waals surface area contributed by atoms with E-state index in [-0.39, 0.29) is 28.9 Å². The van der Waals surface area contributed by atoms with Gasteiger partial charge in [0, 0.05) is 30.9 Å². The lowest BCUT2D eigenvalue weighted by Gasteiger charge is -2.45. The van der Waals surface area contributed by atoms with E-state index in [0.717, 1.165) is 12.6 Å². The monoisotopic (exact) mass is 462 g/mol. The first kappa shape index (κ1) is 22.7. The molecule has 0 bridgehead atoms. The van der Waals surface area contributed by atoms with Crippen LogP contribution in [0.15, 0.2) is 24.3 Å². The molecule has 0 aromatic heterocycles. The Kier molecular flexibility index (Phi) is 6.86. The maximum atomic E-state index is 13.2. The molecule has 1 amide bonds. The van der Waals surface area contributed by atoms with E-state index in [1.807, 2.05) is 18.7 Å². The van der Waals surface area contributed by atoms with Crippen LogP contribution in [0.3, 0.4) is 0 Å². The van der Waals surface area contributed by atoms with Gasteiger partial charge in [-0.05, 0) is 51.0 Å². The molecule has 1 unspecified atom stereocenters. The van der Waals surface area contributed by atoms with Gasteiger partial charge < -0.3 is 14.9 Å². The van der Waals surface area contributed by atoms with Crippen LogP contribution in [0, 0.1) is 0 Å². The molecule has 1 aromatic carbocycles. The van der Waals surface area contributed by atoms with Gasteiger partial charge in [-0.15, -0.1) is 0 Å². The Morgan fingerprint density at radius 2 is 1.93 bits per heavy atom. The average Bonchev–Trinajstić information content (AvgIpc) is 2.62. The lowest BCUT2D eigenvalue weighted by Crippen LogP contribution is -2.58. The van der Waals surface area contributed by atoms with Crippen molar-refractivity contribution >= 4 is 33.6 Å². The zero-order chi connectivity index (χ0) is 21.3. The van der Waals surface area contributed by atoms with Gasteiger partial charge in [0.2, 0.25) is 5.91 Å². The van der Waals surface area contributed by atoms with E-state index in [1.165, 1.54) is 12.1 Å². The number of rotatable bonds is 4. The number of carbonyl (C=O) groups excluding carboxylic acids is 1. The van der Waals surface area contributed by atoms with Crippen molar-refractivity contribution in [2.75, 3.05) is 23.3 Å². The lowest BCUT2D eigenvalue weighted by molar-refractivity contribution is -0.258. The van der Waals surface area contributed by atoms with Gasteiger partial charge in [-0.25, -0.2) is 0 Å². The number of allylic oxidation sites excluding steroid dienone is 1. The molecule has 0 saturated carbocycles. The van der Waals surface area contributed by atoms with Gasteiger partial charge in [-0.3, -0.25) is 4.79 Å². The number of piperazine rings is 1. The predicted octanol–water partition coefficient (Wildman–Crippen LogP) is 4.31. The van der Waals surface area contributed by atoms with E-state index < -0.39 is 11.8 Å². The summed E-state index contributed by atoms with van der Waals surface area (Å²) in [6, 6.07) is 4.30. The van der Waals surface area contributed by atoms with Crippen molar-refractivity contribution in [2.24, 2.45) is 0 Å². The first-order chi connectivity index (χ1) is 12.9. The van der Waals surface area contributed by atoms with Crippen LogP contribution < -0.4 is 4.90 Å². The highest BCUT2D eigenvalue weighted by Gasteiger charge is 2.51. The highest BCUT2D eigenvalue weighted by Crippen LogP contribution is 2.40. The fourth-order valence-corrected chi connectivity index (χ4v) is 3.80. The van der Waals surface area contributed by atoms with Gasteiger partial charge in [0.05, 0.1) is 5.33 Å². The first-order valence-electron chi connectivity index (χ1n) is 9.12. The normalized spacial score (nSPS) is 23.2. The zero-order valence-electron chi connectivity index (χ0n) is 16.4. The minimum atomic E-state index is -4.77. The molecule has 3 atom stereocenters. The minimum absolute atomic E-state index is 0.00261. The molecule has 1 aliphatic rings. The smallest absolute Gasteiger partial charge is 0.376 e. The molecule has 1 fully saturated rings. The third kappa shape index (κ3) is 4.38. The van der Waals surface area contributed by atoms with E-state index in [1.54, 1.807) is 25.1 Å². The summed E-state index contributed by atoms with van der Waals surface area (Å²) >= 11 is 3.20. The van der Waals surface area contributed by atoms with Crippen molar-refractivity contribution in [3.8, 4) is 0 Å². The van der Waals surface area contributed by atoms with Crippen LogP contribution in [0.25, 0.3) is 6.08 Å². The zero-order valence-corrected chi connectivity index (χ0v) is 18.0. The molecule has 4 nitrogen and oxygen atoms in total. The summed E-state index contributed by atoms with van der Waals surface area (Å²) in [5.41, 5.74) is -1.75. The number of nitrogens with zero attached hydrogens (tertiary/aromatic N) is 2. The molecule has 0 aliphatic carbocycles. The Balaban J connectivity index is 2.42. The standard InChI is InChI=1S/C20H26BrF3N2O2/c1-5-6-15-9-16(19(4,28)20(22,23)24)7-8-17(15)25-11-14(3)26(12-13(25)2)18(27)10-21/h5-9,13-14,28H,10-12H2,1-4H3/b6-5-/t13-,14+,19?/m1/s1. The van der Waals surface area contributed by atoms with Gasteiger partial charge in [0.15, 0.2) is 5.60 Å². The Labute approximate surface area is 172 Å². The second-order valence-electron chi connectivity index (χ2n) is 7.37. The summed E-state index contributed by atoms with van der Waals surface area (Å²) < 4.78 is 39.7. The van der Waals surface area contributed by atoms with E-state index in [9.17, 15) is 23.1 Å². The maximum Gasteiger partial charge on any atom is 0.421 e. The van der Waals surface area contributed by atoms with Crippen LogP contribution in [-0.2, 0) is 10.4 Å². The van der Waals surface area contributed by atoms with Crippen LogP contribution in [0.5, 0.6) is 0 Å². The van der Waals surface area contributed by atoms with Gasteiger partial charge >= 0.3 is 6.18 Å². The molecular weight excluding hydrogens is 437 g/mol. The minimum Gasteiger partial charge on any atom is -0.376 e. The molecule has 0 spiro atoms. The molecular formula is C20H26BrF3N2O2. The second kappa shape index (κ2) is 8.45. The number of benzene rings is 1. The van der Waals surface area contributed by atoms with Crippen molar-refractivity contribution in [1.82, 2.24) is 4.90 Å². The molecule has 1 aliphatic heterocycles. The van der Waals surface area contributed by atoms with Crippen LogP contribution in [0.2, 0.25) is 0 Å². The summed E-state index contributed by atoms with van der Waals surface area (Å²) in [7, 11) is 0. The summed E-state index contributed by atoms with van der Waals surface area (Å²) in [5.74, 6) is 0.0178. The van der Waals surface area contributed by atoms with Gasteiger partial charge in [0.25, 0.3) is 0 Å². The Bertz CT molecular complexity index is 749. The number of amides is 1. The lowest BCUT2D eigenvalue weighted by atomic mass is 9.92. The number of hydrogen-bond acceptors (Lipinski definition) is 3.